The molecule has 116 valence electrons. The molecule has 1 aliphatic heterocycles. The Hall–Kier alpha value is -1.66. The highest BCUT2D eigenvalue weighted by molar-refractivity contribution is 5.77. The first-order chi connectivity index (χ1) is 10.3. The standard InChI is InChI=1S/C15H24N4O2/c16-15(19-9-5-13-4-1-2-7-17-13)18-8-3-10-21-14-6-11-20-12-14/h1-2,4,7,14H,3,5-6,8-12H2,(H3,16,18,19). The molecule has 1 aliphatic rings. The molecule has 1 unspecified atom stereocenters. The second-order valence-electron chi connectivity index (χ2n) is 4.97. The zero-order valence-corrected chi connectivity index (χ0v) is 12.3. The van der Waals surface area contributed by atoms with Gasteiger partial charge in [-0.15, -0.1) is 0 Å². The maximum atomic E-state index is 5.80. The monoisotopic (exact) mass is 292 g/mol. The number of nitrogens with zero attached hydrogens (tertiary/aromatic N) is 2. The molecule has 0 spiro atoms. The molecule has 2 heterocycles. The van der Waals surface area contributed by atoms with Gasteiger partial charge < -0.3 is 20.5 Å². The molecule has 1 saturated heterocycles. The average Bonchev–Trinajstić information content (AvgIpc) is 3.01. The summed E-state index contributed by atoms with van der Waals surface area (Å²) in [6.07, 6.45) is 4.77. The topological polar surface area (TPSA) is 81.8 Å². The summed E-state index contributed by atoms with van der Waals surface area (Å²) in [6.45, 7) is 3.66. The Balaban J connectivity index is 1.50. The maximum Gasteiger partial charge on any atom is 0.188 e. The molecule has 1 atom stereocenters. The molecule has 1 fully saturated rings. The van der Waals surface area contributed by atoms with Gasteiger partial charge in [-0.05, 0) is 25.0 Å². The minimum atomic E-state index is 0.267. The number of pyridine rings is 1. The van der Waals surface area contributed by atoms with Gasteiger partial charge in [0.1, 0.15) is 0 Å². The van der Waals surface area contributed by atoms with Crippen molar-refractivity contribution in [3.63, 3.8) is 0 Å². The predicted octanol–water partition coefficient (Wildman–Crippen LogP) is 0.724. The van der Waals surface area contributed by atoms with Crippen molar-refractivity contribution in [1.29, 1.82) is 0 Å². The molecule has 2 rings (SSSR count). The van der Waals surface area contributed by atoms with Crippen molar-refractivity contribution in [3.8, 4) is 0 Å². The number of guanidine groups is 1. The van der Waals surface area contributed by atoms with Gasteiger partial charge in [-0.25, -0.2) is 0 Å². The number of aliphatic imine (C=N–C) groups is 1. The fourth-order valence-corrected chi connectivity index (χ4v) is 2.08. The molecule has 0 aliphatic carbocycles. The summed E-state index contributed by atoms with van der Waals surface area (Å²) < 4.78 is 10.9. The highest BCUT2D eigenvalue weighted by atomic mass is 16.5. The molecule has 0 aromatic carbocycles. The number of aromatic nitrogens is 1. The molecule has 0 radical (unpaired) electrons. The van der Waals surface area contributed by atoms with E-state index >= 15 is 0 Å². The summed E-state index contributed by atoms with van der Waals surface area (Å²) >= 11 is 0. The zero-order chi connectivity index (χ0) is 14.8. The fourth-order valence-electron chi connectivity index (χ4n) is 2.08. The summed E-state index contributed by atoms with van der Waals surface area (Å²) in [7, 11) is 0. The van der Waals surface area contributed by atoms with Crippen LogP contribution in [0.4, 0.5) is 0 Å². The first-order valence-corrected chi connectivity index (χ1v) is 7.47. The van der Waals surface area contributed by atoms with Crippen molar-refractivity contribution < 1.29 is 9.47 Å². The molecule has 21 heavy (non-hydrogen) atoms. The molecule has 1 aromatic heterocycles. The molecule has 3 N–H and O–H groups in total. The Morgan fingerprint density at radius 3 is 3.24 bits per heavy atom. The van der Waals surface area contributed by atoms with Gasteiger partial charge in [-0.3, -0.25) is 9.98 Å². The quantitative estimate of drug-likeness (QED) is 0.419. The van der Waals surface area contributed by atoms with Gasteiger partial charge in [0.15, 0.2) is 5.96 Å². The van der Waals surface area contributed by atoms with E-state index in [-0.39, 0.29) is 6.10 Å². The molecule has 0 saturated carbocycles. The van der Waals surface area contributed by atoms with Crippen molar-refractivity contribution >= 4 is 5.96 Å². The number of hydrogen-bond donors (Lipinski definition) is 2. The smallest absolute Gasteiger partial charge is 0.188 e. The lowest BCUT2D eigenvalue weighted by atomic mass is 10.3. The lowest BCUT2D eigenvalue weighted by Gasteiger charge is -2.09. The van der Waals surface area contributed by atoms with E-state index in [1.54, 1.807) is 6.20 Å². The fraction of sp³-hybridized carbons (Fsp3) is 0.600. The minimum Gasteiger partial charge on any atom is -0.379 e. The Bertz CT molecular complexity index is 419. The minimum absolute atomic E-state index is 0.267. The third-order valence-electron chi connectivity index (χ3n) is 3.24. The molecule has 1 aromatic rings. The number of hydrogen-bond acceptors (Lipinski definition) is 4. The number of rotatable bonds is 8. The number of nitrogens with one attached hydrogen (secondary N) is 1. The van der Waals surface area contributed by atoms with E-state index in [4.69, 9.17) is 15.2 Å². The van der Waals surface area contributed by atoms with Gasteiger partial charge in [0, 0.05) is 44.6 Å². The Morgan fingerprint density at radius 1 is 1.52 bits per heavy atom. The van der Waals surface area contributed by atoms with Crippen molar-refractivity contribution in [2.75, 3.05) is 32.9 Å². The Kier molecular flexibility index (Phi) is 6.97. The first kappa shape index (κ1) is 15.7. The summed E-state index contributed by atoms with van der Waals surface area (Å²) in [5.74, 6) is 0.482. The van der Waals surface area contributed by atoms with Crippen LogP contribution in [-0.4, -0.2) is 50.0 Å². The Morgan fingerprint density at radius 2 is 2.48 bits per heavy atom. The van der Waals surface area contributed by atoms with Gasteiger partial charge >= 0.3 is 0 Å². The van der Waals surface area contributed by atoms with Gasteiger partial charge in [0.25, 0.3) is 0 Å². The highest BCUT2D eigenvalue weighted by Crippen LogP contribution is 2.07. The normalized spacial score (nSPS) is 18.9. The number of nitrogens with two attached hydrogens (primary N) is 1. The van der Waals surface area contributed by atoms with E-state index in [1.807, 2.05) is 18.2 Å². The maximum absolute atomic E-state index is 5.80. The van der Waals surface area contributed by atoms with Crippen LogP contribution in [0.2, 0.25) is 0 Å². The van der Waals surface area contributed by atoms with E-state index in [0.29, 0.717) is 19.1 Å². The summed E-state index contributed by atoms with van der Waals surface area (Å²) in [6, 6.07) is 5.89. The second-order valence-corrected chi connectivity index (χ2v) is 4.97. The van der Waals surface area contributed by atoms with E-state index in [2.05, 4.69) is 15.3 Å². The lowest BCUT2D eigenvalue weighted by Crippen LogP contribution is -2.33. The van der Waals surface area contributed by atoms with Crippen LogP contribution in [-0.2, 0) is 15.9 Å². The van der Waals surface area contributed by atoms with Gasteiger partial charge in [0.05, 0.1) is 12.7 Å². The summed E-state index contributed by atoms with van der Waals surface area (Å²) in [4.78, 5) is 8.52. The van der Waals surface area contributed by atoms with Crippen LogP contribution in [0, 0.1) is 0 Å². The van der Waals surface area contributed by atoms with Crippen LogP contribution in [0.25, 0.3) is 0 Å². The SMILES string of the molecule is NC(=NCCCOC1CCOC1)NCCc1ccccn1. The summed E-state index contributed by atoms with van der Waals surface area (Å²) in [5, 5.41) is 3.09. The van der Waals surface area contributed by atoms with Crippen molar-refractivity contribution in [1.82, 2.24) is 10.3 Å². The molecular formula is C15H24N4O2. The van der Waals surface area contributed by atoms with Gasteiger partial charge in [0.2, 0.25) is 0 Å². The third kappa shape index (κ3) is 6.55. The number of ether oxygens (including phenoxy) is 2. The van der Waals surface area contributed by atoms with Crippen molar-refractivity contribution in [2.45, 2.75) is 25.4 Å². The van der Waals surface area contributed by atoms with Crippen LogP contribution in [0.15, 0.2) is 29.4 Å². The largest absolute Gasteiger partial charge is 0.379 e. The van der Waals surface area contributed by atoms with Crippen LogP contribution >= 0.6 is 0 Å². The zero-order valence-electron chi connectivity index (χ0n) is 12.3. The molecule has 6 nitrogen and oxygen atoms in total. The van der Waals surface area contributed by atoms with E-state index in [9.17, 15) is 0 Å². The van der Waals surface area contributed by atoms with Crippen LogP contribution < -0.4 is 11.1 Å². The van der Waals surface area contributed by atoms with E-state index < -0.39 is 0 Å². The third-order valence-corrected chi connectivity index (χ3v) is 3.24. The summed E-state index contributed by atoms with van der Waals surface area (Å²) in [5.41, 5.74) is 6.85. The van der Waals surface area contributed by atoms with Gasteiger partial charge in [-0.1, -0.05) is 6.07 Å². The molecule has 0 bridgehead atoms. The van der Waals surface area contributed by atoms with E-state index in [0.717, 1.165) is 44.7 Å². The van der Waals surface area contributed by atoms with Crippen LogP contribution in [0.1, 0.15) is 18.5 Å². The molecular weight excluding hydrogens is 268 g/mol. The van der Waals surface area contributed by atoms with Crippen LogP contribution in [0.3, 0.4) is 0 Å². The lowest BCUT2D eigenvalue weighted by molar-refractivity contribution is 0.0424. The Labute approximate surface area is 125 Å². The average molecular weight is 292 g/mol. The first-order valence-electron chi connectivity index (χ1n) is 7.47. The molecule has 0 amide bonds. The highest BCUT2D eigenvalue weighted by Gasteiger charge is 2.15. The van der Waals surface area contributed by atoms with Gasteiger partial charge in [-0.2, -0.15) is 0 Å². The van der Waals surface area contributed by atoms with E-state index in [1.165, 1.54) is 0 Å². The van der Waals surface area contributed by atoms with Crippen molar-refractivity contribution in [2.24, 2.45) is 10.7 Å². The van der Waals surface area contributed by atoms with Crippen molar-refractivity contribution in [3.05, 3.63) is 30.1 Å². The molecule has 6 heteroatoms. The van der Waals surface area contributed by atoms with Crippen LogP contribution in [0.5, 0.6) is 0 Å². The second kappa shape index (κ2) is 9.31. The predicted molar refractivity (Wildman–Crippen MR) is 82.2 cm³/mol.